The van der Waals surface area contributed by atoms with E-state index in [1.54, 1.807) is 11.8 Å². The van der Waals surface area contributed by atoms with Crippen molar-refractivity contribution in [3.8, 4) is 0 Å². The van der Waals surface area contributed by atoms with E-state index in [4.69, 9.17) is 4.74 Å². The summed E-state index contributed by atoms with van der Waals surface area (Å²) < 4.78 is 33.1. The lowest BCUT2D eigenvalue weighted by Crippen LogP contribution is -2.35. The van der Waals surface area contributed by atoms with Gasteiger partial charge in [-0.05, 0) is 57.0 Å². The molecule has 1 N–H and O–H groups in total. The molecule has 0 heterocycles. The quantitative estimate of drug-likeness (QED) is 0.536. The number of esters is 1. The van der Waals surface area contributed by atoms with Gasteiger partial charge in [-0.1, -0.05) is 30.3 Å². The molecule has 0 aromatic heterocycles. The first-order valence-corrected chi connectivity index (χ1v) is 11.9. The van der Waals surface area contributed by atoms with Crippen molar-refractivity contribution in [3.63, 3.8) is 0 Å². The molecule has 0 saturated carbocycles. The smallest absolute Gasteiger partial charge is 0.310 e. The Morgan fingerprint density at radius 3 is 2.13 bits per heavy atom. The van der Waals surface area contributed by atoms with E-state index in [-0.39, 0.29) is 24.0 Å². The van der Waals surface area contributed by atoms with Crippen LogP contribution in [0.4, 0.5) is 0 Å². The average Bonchev–Trinajstić information content (AvgIpc) is 2.78. The van der Waals surface area contributed by atoms with Gasteiger partial charge in [-0.25, -0.2) is 13.1 Å². The fourth-order valence-corrected chi connectivity index (χ4v) is 4.24. The molecule has 0 aliphatic rings. The number of amides is 1. The number of carbonyl (C=O) groups is 2. The van der Waals surface area contributed by atoms with Crippen LogP contribution < -0.4 is 4.72 Å². The first-order chi connectivity index (χ1) is 14.8. The van der Waals surface area contributed by atoms with Gasteiger partial charge in [-0.3, -0.25) is 9.59 Å². The minimum Gasteiger partial charge on any atom is -0.466 e. The molecule has 0 saturated heterocycles. The topological polar surface area (TPSA) is 92.8 Å². The van der Waals surface area contributed by atoms with Gasteiger partial charge in [0.2, 0.25) is 10.0 Å². The maximum absolute atomic E-state index is 12.7. The second-order valence-corrected chi connectivity index (χ2v) is 8.76. The number of ether oxygens (including phenoxy) is 1. The van der Waals surface area contributed by atoms with Crippen LogP contribution in [0.1, 0.15) is 36.7 Å². The first kappa shape index (κ1) is 24.6. The standard InChI is InChI=1S/C23H30N2O5S/c1-4-25(5-2)22(26)19-12-14-21(15-13-19)31(28,29)24-17-20(23(27)30-6-3)16-18-10-8-7-9-11-18/h7-15,20,24H,4-6,16-17H2,1-3H3. The van der Waals surface area contributed by atoms with Gasteiger partial charge in [-0.15, -0.1) is 0 Å². The number of benzene rings is 2. The number of hydrogen-bond donors (Lipinski definition) is 1. The van der Waals surface area contributed by atoms with Crippen molar-refractivity contribution in [2.24, 2.45) is 5.92 Å². The number of sulfonamides is 1. The Kier molecular flexibility index (Phi) is 9.21. The Morgan fingerprint density at radius 2 is 1.58 bits per heavy atom. The summed E-state index contributed by atoms with van der Waals surface area (Å²) in [6, 6.07) is 15.2. The van der Waals surface area contributed by atoms with Crippen LogP contribution >= 0.6 is 0 Å². The largest absolute Gasteiger partial charge is 0.466 e. The zero-order chi connectivity index (χ0) is 22.9. The fraction of sp³-hybridized carbons (Fsp3) is 0.391. The maximum Gasteiger partial charge on any atom is 0.310 e. The van der Waals surface area contributed by atoms with Crippen molar-refractivity contribution >= 4 is 21.9 Å². The van der Waals surface area contributed by atoms with Gasteiger partial charge in [0.1, 0.15) is 0 Å². The molecule has 31 heavy (non-hydrogen) atoms. The lowest BCUT2D eigenvalue weighted by atomic mass is 10.00. The third-order valence-corrected chi connectivity index (χ3v) is 6.37. The third-order valence-electron chi connectivity index (χ3n) is 4.93. The van der Waals surface area contributed by atoms with Gasteiger partial charge in [0.05, 0.1) is 17.4 Å². The van der Waals surface area contributed by atoms with Crippen molar-refractivity contribution in [2.45, 2.75) is 32.1 Å². The molecule has 1 amide bonds. The molecule has 0 aliphatic heterocycles. The van der Waals surface area contributed by atoms with Gasteiger partial charge in [0.15, 0.2) is 0 Å². The van der Waals surface area contributed by atoms with Crippen LogP contribution in [0, 0.1) is 5.92 Å². The molecule has 1 unspecified atom stereocenters. The summed E-state index contributed by atoms with van der Waals surface area (Å²) in [7, 11) is -3.85. The number of nitrogens with one attached hydrogen (secondary N) is 1. The molecule has 2 rings (SSSR count). The van der Waals surface area contributed by atoms with E-state index in [1.807, 2.05) is 44.2 Å². The van der Waals surface area contributed by atoms with Crippen LogP contribution in [0.5, 0.6) is 0 Å². The van der Waals surface area contributed by atoms with E-state index in [0.717, 1.165) is 5.56 Å². The van der Waals surface area contributed by atoms with Crippen LogP contribution in [0.25, 0.3) is 0 Å². The van der Waals surface area contributed by atoms with Crippen LogP contribution in [0.3, 0.4) is 0 Å². The van der Waals surface area contributed by atoms with E-state index in [0.29, 0.717) is 25.1 Å². The summed E-state index contributed by atoms with van der Waals surface area (Å²) in [5, 5.41) is 0. The van der Waals surface area contributed by atoms with E-state index >= 15 is 0 Å². The zero-order valence-electron chi connectivity index (χ0n) is 18.2. The van der Waals surface area contributed by atoms with E-state index in [9.17, 15) is 18.0 Å². The van der Waals surface area contributed by atoms with Crippen molar-refractivity contribution in [1.29, 1.82) is 0 Å². The molecule has 168 valence electrons. The molecule has 1 atom stereocenters. The van der Waals surface area contributed by atoms with Crippen molar-refractivity contribution in [2.75, 3.05) is 26.2 Å². The Hall–Kier alpha value is -2.71. The lowest BCUT2D eigenvalue weighted by molar-refractivity contribution is -0.147. The van der Waals surface area contributed by atoms with Crippen molar-refractivity contribution < 1.29 is 22.7 Å². The molecule has 2 aromatic rings. The molecular weight excluding hydrogens is 416 g/mol. The Morgan fingerprint density at radius 1 is 0.968 bits per heavy atom. The SMILES string of the molecule is CCOC(=O)C(CNS(=O)(=O)c1ccc(C(=O)N(CC)CC)cc1)Cc1ccccc1. The van der Waals surface area contributed by atoms with Crippen LogP contribution in [0.2, 0.25) is 0 Å². The minimum atomic E-state index is -3.85. The summed E-state index contributed by atoms with van der Waals surface area (Å²) in [5.74, 6) is -1.25. The maximum atomic E-state index is 12.7. The van der Waals surface area contributed by atoms with E-state index < -0.39 is 21.9 Å². The summed E-state index contributed by atoms with van der Waals surface area (Å²) in [6.45, 7) is 6.78. The summed E-state index contributed by atoms with van der Waals surface area (Å²) in [4.78, 5) is 26.4. The normalized spacial score (nSPS) is 12.2. The second-order valence-electron chi connectivity index (χ2n) is 6.99. The molecule has 0 spiro atoms. The highest BCUT2D eigenvalue weighted by Crippen LogP contribution is 2.15. The molecule has 0 bridgehead atoms. The van der Waals surface area contributed by atoms with E-state index in [2.05, 4.69) is 4.72 Å². The van der Waals surface area contributed by atoms with Crippen molar-refractivity contribution in [3.05, 3.63) is 65.7 Å². The highest BCUT2D eigenvalue weighted by atomic mass is 32.2. The summed E-state index contributed by atoms with van der Waals surface area (Å²) >= 11 is 0. The number of carbonyl (C=O) groups excluding carboxylic acids is 2. The van der Waals surface area contributed by atoms with Crippen LogP contribution in [-0.4, -0.2) is 51.4 Å². The summed E-state index contributed by atoms with van der Waals surface area (Å²) in [6.07, 6.45) is 0.361. The first-order valence-electron chi connectivity index (χ1n) is 10.4. The molecular formula is C23H30N2O5S. The molecule has 2 aromatic carbocycles. The number of nitrogens with zero attached hydrogens (tertiary/aromatic N) is 1. The highest BCUT2D eigenvalue weighted by Gasteiger charge is 2.24. The predicted molar refractivity (Wildman–Crippen MR) is 119 cm³/mol. The third kappa shape index (κ3) is 6.90. The minimum absolute atomic E-state index is 0.0333. The zero-order valence-corrected chi connectivity index (χ0v) is 19.0. The van der Waals surface area contributed by atoms with Gasteiger partial charge in [0, 0.05) is 25.2 Å². The van der Waals surface area contributed by atoms with Crippen LogP contribution in [0.15, 0.2) is 59.5 Å². The fourth-order valence-electron chi connectivity index (χ4n) is 3.16. The monoisotopic (exact) mass is 446 g/mol. The molecule has 0 radical (unpaired) electrons. The Labute approximate surface area is 184 Å². The second kappa shape index (κ2) is 11.6. The van der Waals surface area contributed by atoms with Gasteiger partial charge in [-0.2, -0.15) is 0 Å². The predicted octanol–water partition coefficient (Wildman–Crippen LogP) is 2.87. The average molecular weight is 447 g/mol. The molecule has 7 nitrogen and oxygen atoms in total. The number of hydrogen-bond acceptors (Lipinski definition) is 5. The van der Waals surface area contributed by atoms with Gasteiger partial charge >= 0.3 is 5.97 Å². The molecule has 0 aliphatic carbocycles. The van der Waals surface area contributed by atoms with Crippen molar-refractivity contribution in [1.82, 2.24) is 9.62 Å². The molecule has 0 fully saturated rings. The lowest BCUT2D eigenvalue weighted by Gasteiger charge is -2.19. The van der Waals surface area contributed by atoms with Gasteiger partial charge in [0.25, 0.3) is 5.91 Å². The number of rotatable bonds is 11. The molecule has 8 heteroatoms. The van der Waals surface area contributed by atoms with Gasteiger partial charge < -0.3 is 9.64 Å². The summed E-state index contributed by atoms with van der Waals surface area (Å²) in [5.41, 5.74) is 1.34. The van der Waals surface area contributed by atoms with Crippen LogP contribution in [-0.2, 0) is 26.0 Å². The Balaban J connectivity index is 2.11. The highest BCUT2D eigenvalue weighted by molar-refractivity contribution is 7.89. The van der Waals surface area contributed by atoms with E-state index in [1.165, 1.54) is 24.3 Å². The Bertz CT molecular complexity index is 955.